The summed E-state index contributed by atoms with van der Waals surface area (Å²) in [5, 5.41) is 12.7. The number of nitrogens with one attached hydrogen (secondary N) is 1. The van der Waals surface area contributed by atoms with Crippen molar-refractivity contribution < 1.29 is 51.0 Å². The number of sulfonamides is 1. The SMILES string of the molecule is CC1=C2C[C@H]3[C@@H](CC[C@@H]4C[C@H](NS(C)(=O)=O)CC[C@@]43C)[C@@H]2CC[C@@]2(C1)O[C@@H]1C[C@H](C)C[N-][C@H]1[C@H]2C.[B]=NCO.[Y]. The van der Waals surface area contributed by atoms with Gasteiger partial charge in [-0.1, -0.05) is 37.8 Å². The van der Waals surface area contributed by atoms with Crippen LogP contribution in [-0.4, -0.2) is 64.5 Å². The Balaban J connectivity index is 0.000000695. The van der Waals surface area contributed by atoms with Crippen LogP contribution in [0.25, 0.3) is 5.32 Å². The van der Waals surface area contributed by atoms with Crippen molar-refractivity contribution in [2.75, 3.05) is 19.5 Å². The van der Waals surface area contributed by atoms with Crippen LogP contribution in [0.3, 0.4) is 0 Å². The van der Waals surface area contributed by atoms with Gasteiger partial charge in [0.1, 0.15) is 0 Å². The maximum absolute atomic E-state index is 11.9. The first-order valence-electron chi connectivity index (χ1n) is 15.4. The number of ether oxygens (including phenoxy) is 1. The minimum atomic E-state index is -3.13. The van der Waals surface area contributed by atoms with Gasteiger partial charge in [-0.05, 0) is 106 Å². The molecule has 2 radical (unpaired) electrons. The van der Waals surface area contributed by atoms with Crippen LogP contribution < -0.4 is 4.72 Å². The van der Waals surface area contributed by atoms with Crippen molar-refractivity contribution in [2.45, 2.75) is 116 Å². The van der Waals surface area contributed by atoms with Crippen molar-refractivity contribution in [2.24, 2.45) is 45.8 Å². The van der Waals surface area contributed by atoms with Crippen LogP contribution >= 0.6 is 0 Å². The zero-order valence-electron chi connectivity index (χ0n) is 25.3. The number of hydrogen-bond donors (Lipinski definition) is 2. The Kier molecular flexibility index (Phi) is 10.7. The number of rotatable bonds is 3. The summed E-state index contributed by atoms with van der Waals surface area (Å²) >= 11 is 0. The smallest absolute Gasteiger partial charge is 0 e. The summed E-state index contributed by atoms with van der Waals surface area (Å²) in [4.78, 5) is 2.79. The van der Waals surface area contributed by atoms with Crippen LogP contribution in [0.2, 0.25) is 0 Å². The van der Waals surface area contributed by atoms with E-state index in [0.717, 1.165) is 50.0 Å². The summed E-state index contributed by atoms with van der Waals surface area (Å²) in [6, 6.07) is 0.532. The Labute approximate surface area is 269 Å². The van der Waals surface area contributed by atoms with Gasteiger partial charge in [-0.15, -0.1) is 12.6 Å². The van der Waals surface area contributed by atoms with Gasteiger partial charge in [0.05, 0.1) is 11.9 Å². The van der Waals surface area contributed by atoms with Crippen LogP contribution in [0.4, 0.5) is 0 Å². The van der Waals surface area contributed by atoms with E-state index in [0.29, 0.717) is 35.3 Å². The first-order chi connectivity index (χ1) is 18.4. The minimum Gasteiger partial charge on any atom is 0 e. The fourth-order valence-electron chi connectivity index (χ4n) is 10.1. The summed E-state index contributed by atoms with van der Waals surface area (Å²) in [5.74, 6) is 4.14. The third kappa shape index (κ3) is 6.33. The van der Waals surface area contributed by atoms with Crippen molar-refractivity contribution in [3.63, 3.8) is 0 Å². The molecular formula is C30H50BN3O4SY-. The Hall–Kier alpha value is 0.499. The second-order valence-electron chi connectivity index (χ2n) is 14.3. The average molecular weight is 649 g/mol. The molecule has 7 nitrogen and oxygen atoms in total. The second-order valence-corrected chi connectivity index (χ2v) is 16.1. The van der Waals surface area contributed by atoms with Crippen LogP contribution in [-0.2, 0) is 47.5 Å². The zero-order chi connectivity index (χ0) is 28.2. The molecule has 0 bridgehead atoms. The van der Waals surface area contributed by atoms with E-state index in [4.69, 9.17) is 15.2 Å². The number of hydrogen-bond acceptors (Lipinski definition) is 5. The predicted molar refractivity (Wildman–Crippen MR) is 156 cm³/mol. The topological polar surface area (TPSA) is 102 Å². The molecular weight excluding hydrogens is 598 g/mol. The van der Waals surface area contributed by atoms with Gasteiger partial charge >= 0.3 is 24.4 Å². The molecule has 4 aliphatic carbocycles. The molecule has 222 valence electrons. The molecule has 0 unspecified atom stereocenters. The van der Waals surface area contributed by atoms with Crippen molar-refractivity contribution in [1.82, 2.24) is 4.72 Å². The molecule has 11 atom stereocenters. The summed E-state index contributed by atoms with van der Waals surface area (Å²) in [5.41, 5.74) is 3.77. The fourth-order valence-corrected chi connectivity index (χ4v) is 10.9. The molecule has 2 saturated heterocycles. The van der Waals surface area contributed by atoms with Gasteiger partial charge in [0, 0.05) is 44.9 Å². The van der Waals surface area contributed by atoms with E-state index in [9.17, 15) is 8.42 Å². The van der Waals surface area contributed by atoms with Gasteiger partial charge in [-0.2, -0.15) is 0 Å². The van der Waals surface area contributed by atoms with Crippen LogP contribution in [0.1, 0.15) is 91.9 Å². The minimum absolute atomic E-state index is 0. The van der Waals surface area contributed by atoms with E-state index in [2.05, 4.69) is 45.0 Å². The second kappa shape index (κ2) is 12.8. The molecule has 3 saturated carbocycles. The maximum Gasteiger partial charge on any atom is 0 e. The Morgan fingerprint density at radius 1 is 1.18 bits per heavy atom. The van der Waals surface area contributed by atoms with Crippen molar-refractivity contribution in [3.05, 3.63) is 16.5 Å². The third-order valence-electron chi connectivity index (χ3n) is 12.0. The molecule has 2 N–H and O–H groups in total. The Morgan fingerprint density at radius 3 is 2.58 bits per heavy atom. The third-order valence-corrected chi connectivity index (χ3v) is 12.7. The fraction of sp³-hybridized carbons (Fsp3) is 0.933. The molecule has 2 aliphatic heterocycles. The van der Waals surface area contributed by atoms with Gasteiger partial charge in [0.15, 0.2) is 0 Å². The molecule has 0 aromatic rings. The summed E-state index contributed by atoms with van der Waals surface area (Å²) in [7, 11) is 1.27. The average Bonchev–Trinajstić information content (AvgIpc) is 3.33. The van der Waals surface area contributed by atoms with Crippen LogP contribution in [0, 0.1) is 40.9 Å². The van der Waals surface area contributed by atoms with Crippen molar-refractivity contribution in [1.29, 1.82) is 0 Å². The summed E-state index contributed by atoms with van der Waals surface area (Å²) in [6.07, 6.45) is 13.4. The maximum atomic E-state index is 11.9. The first-order valence-corrected chi connectivity index (χ1v) is 17.3. The number of nitrogens with zero attached hydrogens (tertiary/aromatic N) is 2. The van der Waals surface area contributed by atoms with Gasteiger partial charge in [0.25, 0.3) is 0 Å². The number of aliphatic hydroxyl groups excluding tert-OH is 1. The van der Waals surface area contributed by atoms with Gasteiger partial charge in [-0.25, -0.2) is 13.1 Å². The normalized spacial score (nSPS) is 46.1. The van der Waals surface area contributed by atoms with E-state index in [1.54, 1.807) is 11.1 Å². The van der Waals surface area contributed by atoms with Crippen molar-refractivity contribution >= 4 is 17.7 Å². The predicted octanol–water partition coefficient (Wildman–Crippen LogP) is 5.10. The van der Waals surface area contributed by atoms with E-state index in [1.807, 2.05) is 0 Å². The Morgan fingerprint density at radius 2 is 1.90 bits per heavy atom. The molecule has 1 spiro atoms. The number of aliphatic hydroxyl groups is 1. The summed E-state index contributed by atoms with van der Waals surface area (Å²) in [6.45, 7) is 10.5. The van der Waals surface area contributed by atoms with Gasteiger partial charge < -0.3 is 10.1 Å². The molecule has 2 heterocycles. The Bertz CT molecular complexity index is 1080. The van der Waals surface area contributed by atoms with Crippen LogP contribution in [0.15, 0.2) is 16.0 Å². The van der Waals surface area contributed by atoms with E-state index >= 15 is 0 Å². The molecule has 10 heteroatoms. The number of allylic oxidation sites excluding steroid dienone is 1. The molecule has 6 aliphatic rings. The molecule has 6 rings (SSSR count). The molecule has 0 amide bonds. The monoisotopic (exact) mass is 648 g/mol. The standard InChI is InChI=1S/C29H47N2O3S.CH3BNO.Y/c1-17-12-26-27(30-16-17)19(3)29(34-26)11-9-22-23-7-6-20-13-21(31-35(5,32)33)8-10-28(20,4)25(23)14-24(22)18(2)15-29;2-3-1-4;/h17,19-23,25-27,31H,6-16H2,1-5H3;4H,1H2;/q-1;;/t17-,19+,20+,21+,22-,23-,25-,26+,27-,28-,29-;;/m0../s1. The molecule has 5 fully saturated rings. The molecule has 0 aromatic heterocycles. The number of piperidine rings is 1. The van der Waals surface area contributed by atoms with Gasteiger partial charge in [0.2, 0.25) is 10.0 Å². The molecule has 40 heavy (non-hydrogen) atoms. The zero-order valence-corrected chi connectivity index (χ0v) is 29.0. The van der Waals surface area contributed by atoms with Crippen LogP contribution in [0.5, 0.6) is 0 Å². The summed E-state index contributed by atoms with van der Waals surface area (Å²) < 4.78 is 33.6. The first kappa shape index (κ1) is 33.4. The van der Waals surface area contributed by atoms with E-state index in [-0.39, 0.29) is 51.1 Å². The molecule has 0 aromatic carbocycles. The quantitative estimate of drug-likeness (QED) is 0.329. The van der Waals surface area contributed by atoms with E-state index < -0.39 is 10.0 Å². The largest absolute Gasteiger partial charge is 0 e. The van der Waals surface area contributed by atoms with Crippen molar-refractivity contribution in [3.8, 4) is 0 Å². The van der Waals surface area contributed by atoms with Gasteiger partial charge in [-0.3, -0.25) is 0 Å². The number of fused-ring (bicyclic) bond motifs is 6. The van der Waals surface area contributed by atoms with E-state index in [1.165, 1.54) is 44.8 Å².